The van der Waals surface area contributed by atoms with Crippen LogP contribution in [-0.2, 0) is 22.6 Å². The molecule has 0 aliphatic carbocycles. The Bertz CT molecular complexity index is 808. The number of para-hydroxylation sites is 1. The average Bonchev–Trinajstić information content (AvgIpc) is 3.03. The minimum atomic E-state index is -0.164. The monoisotopic (exact) mass is 323 g/mol. The van der Waals surface area contributed by atoms with E-state index in [4.69, 9.17) is 9.47 Å². The molecule has 3 aromatic rings. The van der Waals surface area contributed by atoms with Crippen molar-refractivity contribution in [3.05, 3.63) is 65.9 Å². The van der Waals surface area contributed by atoms with E-state index in [-0.39, 0.29) is 5.97 Å². The van der Waals surface area contributed by atoms with Gasteiger partial charge in [0.25, 0.3) is 0 Å². The summed E-state index contributed by atoms with van der Waals surface area (Å²) in [5.41, 5.74) is 3.19. The third-order valence-corrected chi connectivity index (χ3v) is 3.90. The maximum atomic E-state index is 11.5. The summed E-state index contributed by atoms with van der Waals surface area (Å²) in [6, 6.07) is 16.1. The number of rotatable bonds is 7. The van der Waals surface area contributed by atoms with Gasteiger partial charge in [-0.2, -0.15) is 0 Å². The fourth-order valence-electron chi connectivity index (χ4n) is 2.72. The highest BCUT2D eigenvalue weighted by molar-refractivity contribution is 5.88. The zero-order valence-electron chi connectivity index (χ0n) is 13.7. The van der Waals surface area contributed by atoms with Crippen molar-refractivity contribution in [1.82, 2.24) is 4.98 Å². The molecule has 0 aliphatic rings. The second-order valence-corrected chi connectivity index (χ2v) is 5.57. The van der Waals surface area contributed by atoms with Crippen LogP contribution in [0.2, 0.25) is 0 Å². The molecule has 1 heterocycles. The molecular formula is C20H21NO3. The number of aromatic amines is 1. The fourth-order valence-corrected chi connectivity index (χ4v) is 2.72. The van der Waals surface area contributed by atoms with Gasteiger partial charge >= 0.3 is 5.97 Å². The Kier molecular flexibility index (Phi) is 5.16. The lowest BCUT2D eigenvalue weighted by molar-refractivity contribution is -0.143. The van der Waals surface area contributed by atoms with Gasteiger partial charge in [0.15, 0.2) is 0 Å². The van der Waals surface area contributed by atoms with E-state index in [2.05, 4.69) is 4.98 Å². The van der Waals surface area contributed by atoms with Gasteiger partial charge in [-0.1, -0.05) is 42.5 Å². The minimum absolute atomic E-state index is 0.164. The third-order valence-electron chi connectivity index (χ3n) is 3.90. The highest BCUT2D eigenvalue weighted by Crippen LogP contribution is 2.28. The molecule has 0 radical (unpaired) electrons. The zero-order chi connectivity index (χ0) is 16.8. The van der Waals surface area contributed by atoms with Crippen LogP contribution in [0.5, 0.6) is 5.75 Å². The van der Waals surface area contributed by atoms with E-state index in [1.54, 1.807) is 0 Å². The molecule has 0 unspecified atom stereocenters. The Morgan fingerprint density at radius 2 is 1.92 bits per heavy atom. The highest BCUT2D eigenvalue weighted by atomic mass is 16.5. The molecule has 0 saturated heterocycles. The average molecular weight is 323 g/mol. The molecule has 0 atom stereocenters. The summed E-state index contributed by atoms with van der Waals surface area (Å²) in [5.74, 6) is 0.655. The first kappa shape index (κ1) is 16.1. The van der Waals surface area contributed by atoms with Gasteiger partial charge in [0.2, 0.25) is 0 Å². The van der Waals surface area contributed by atoms with Crippen molar-refractivity contribution in [2.24, 2.45) is 0 Å². The first-order chi connectivity index (χ1) is 11.8. The van der Waals surface area contributed by atoms with E-state index >= 15 is 0 Å². The Morgan fingerprint density at radius 3 is 2.71 bits per heavy atom. The summed E-state index contributed by atoms with van der Waals surface area (Å²) in [5, 5.41) is 1.09. The number of H-pyrrole nitrogens is 1. The summed E-state index contributed by atoms with van der Waals surface area (Å²) in [4.78, 5) is 14.8. The van der Waals surface area contributed by atoms with E-state index < -0.39 is 0 Å². The summed E-state index contributed by atoms with van der Waals surface area (Å²) < 4.78 is 10.9. The van der Waals surface area contributed by atoms with Crippen LogP contribution in [0.25, 0.3) is 10.9 Å². The smallest absolute Gasteiger partial charge is 0.306 e. The topological polar surface area (TPSA) is 51.3 Å². The van der Waals surface area contributed by atoms with Gasteiger partial charge in [-0.25, -0.2) is 0 Å². The molecule has 0 saturated carbocycles. The number of aryl methyl sites for hydroxylation is 1. The molecule has 1 aromatic heterocycles. The molecule has 0 amide bonds. The van der Waals surface area contributed by atoms with E-state index in [1.165, 1.54) is 0 Å². The minimum Gasteiger partial charge on any atom is -0.487 e. The molecule has 24 heavy (non-hydrogen) atoms. The van der Waals surface area contributed by atoms with Crippen molar-refractivity contribution in [1.29, 1.82) is 0 Å². The Labute approximate surface area is 141 Å². The van der Waals surface area contributed by atoms with Gasteiger partial charge in [-0.15, -0.1) is 0 Å². The molecule has 4 nitrogen and oxygen atoms in total. The van der Waals surface area contributed by atoms with Crippen LogP contribution in [0.3, 0.4) is 0 Å². The van der Waals surface area contributed by atoms with Gasteiger partial charge in [0.05, 0.1) is 12.1 Å². The van der Waals surface area contributed by atoms with Gasteiger partial charge in [0.1, 0.15) is 12.4 Å². The lowest BCUT2D eigenvalue weighted by Crippen LogP contribution is -2.04. The first-order valence-electron chi connectivity index (χ1n) is 8.19. The van der Waals surface area contributed by atoms with Crippen molar-refractivity contribution < 1.29 is 14.3 Å². The first-order valence-corrected chi connectivity index (χ1v) is 8.19. The molecule has 2 aromatic carbocycles. The number of fused-ring (bicyclic) bond motifs is 1. The van der Waals surface area contributed by atoms with Gasteiger partial charge in [0, 0.05) is 18.0 Å². The number of nitrogens with one attached hydrogen (secondary N) is 1. The lowest BCUT2D eigenvalue weighted by Gasteiger charge is -2.08. The summed E-state index contributed by atoms with van der Waals surface area (Å²) in [6.45, 7) is 2.77. The molecule has 0 aliphatic heterocycles. The molecule has 0 fully saturated rings. The van der Waals surface area contributed by atoms with Gasteiger partial charge in [-0.3, -0.25) is 4.79 Å². The summed E-state index contributed by atoms with van der Waals surface area (Å²) in [6.07, 6.45) is 2.98. The normalized spacial score (nSPS) is 10.7. The number of ether oxygens (including phenoxy) is 2. The Hall–Kier alpha value is -2.75. The molecule has 4 heteroatoms. The summed E-state index contributed by atoms with van der Waals surface area (Å²) >= 11 is 0. The standard InChI is InChI=1S/C20H21NO3/c1-2-23-19(22)12-11-16-13-21-20-17(16)9-6-10-18(20)24-14-15-7-4-3-5-8-15/h3-10,13,21H,2,11-12,14H2,1H3. The van der Waals surface area contributed by atoms with E-state index in [9.17, 15) is 4.79 Å². The predicted molar refractivity (Wildman–Crippen MR) is 94.0 cm³/mol. The second kappa shape index (κ2) is 7.68. The quantitative estimate of drug-likeness (QED) is 0.662. The van der Waals surface area contributed by atoms with Crippen LogP contribution >= 0.6 is 0 Å². The van der Waals surface area contributed by atoms with Crippen LogP contribution in [-0.4, -0.2) is 17.6 Å². The lowest BCUT2D eigenvalue weighted by atomic mass is 10.1. The van der Waals surface area contributed by atoms with Gasteiger partial charge in [-0.05, 0) is 30.5 Å². The van der Waals surface area contributed by atoms with Crippen molar-refractivity contribution in [3.63, 3.8) is 0 Å². The number of aromatic nitrogens is 1. The fraction of sp³-hybridized carbons (Fsp3) is 0.250. The van der Waals surface area contributed by atoms with Crippen LogP contribution < -0.4 is 4.74 Å². The highest BCUT2D eigenvalue weighted by Gasteiger charge is 2.10. The molecule has 124 valence electrons. The Balaban J connectivity index is 1.72. The Morgan fingerprint density at radius 1 is 1.08 bits per heavy atom. The molecule has 3 rings (SSSR count). The number of esters is 1. The summed E-state index contributed by atoms with van der Waals surface area (Å²) in [7, 11) is 0. The van der Waals surface area contributed by atoms with Crippen LogP contribution in [0.4, 0.5) is 0 Å². The van der Waals surface area contributed by atoms with Crippen molar-refractivity contribution in [3.8, 4) is 5.75 Å². The zero-order valence-corrected chi connectivity index (χ0v) is 13.7. The maximum Gasteiger partial charge on any atom is 0.306 e. The van der Waals surface area contributed by atoms with Crippen molar-refractivity contribution in [2.45, 2.75) is 26.4 Å². The SMILES string of the molecule is CCOC(=O)CCc1c[nH]c2c(OCc3ccccc3)cccc12. The van der Waals surface area contributed by atoms with Crippen molar-refractivity contribution >= 4 is 16.9 Å². The number of carbonyl (C=O) groups is 1. The predicted octanol–water partition coefficient (Wildman–Crippen LogP) is 4.24. The molecule has 0 spiro atoms. The van der Waals surface area contributed by atoms with Gasteiger partial charge < -0.3 is 14.5 Å². The number of carbonyl (C=O) groups excluding carboxylic acids is 1. The van der Waals surface area contributed by atoms with Crippen molar-refractivity contribution in [2.75, 3.05) is 6.61 Å². The maximum absolute atomic E-state index is 11.5. The largest absolute Gasteiger partial charge is 0.487 e. The van der Waals surface area contributed by atoms with E-state index in [1.807, 2.05) is 61.7 Å². The molecule has 0 bridgehead atoms. The van der Waals surface area contributed by atoms with Crippen LogP contribution in [0.1, 0.15) is 24.5 Å². The van der Waals surface area contributed by atoms with Crippen LogP contribution in [0.15, 0.2) is 54.7 Å². The molecule has 1 N–H and O–H groups in total. The second-order valence-electron chi connectivity index (χ2n) is 5.57. The van der Waals surface area contributed by atoms with Crippen LogP contribution in [0, 0.1) is 0 Å². The van der Waals surface area contributed by atoms with E-state index in [0.717, 1.165) is 27.8 Å². The number of benzene rings is 2. The number of hydrogen-bond acceptors (Lipinski definition) is 3. The van der Waals surface area contributed by atoms with E-state index in [0.29, 0.717) is 26.1 Å². The number of hydrogen-bond donors (Lipinski definition) is 1. The third kappa shape index (κ3) is 3.77. The molecular weight excluding hydrogens is 302 g/mol.